The predicted octanol–water partition coefficient (Wildman–Crippen LogP) is 3.24. The van der Waals surface area contributed by atoms with Crippen LogP contribution in [0.25, 0.3) is 10.9 Å². The van der Waals surface area contributed by atoms with E-state index in [0.29, 0.717) is 17.8 Å². The second-order valence-electron chi connectivity index (χ2n) is 5.21. The summed E-state index contributed by atoms with van der Waals surface area (Å²) in [5, 5.41) is 3.99. The average Bonchev–Trinajstić information content (AvgIpc) is 2.89. The van der Waals surface area contributed by atoms with Crippen LogP contribution in [0.2, 0.25) is 0 Å². The van der Waals surface area contributed by atoms with Crippen LogP contribution < -0.4 is 11.1 Å². The Morgan fingerprint density at radius 3 is 2.86 bits per heavy atom. The average molecular weight is 279 g/mol. The third kappa shape index (κ3) is 2.89. The summed E-state index contributed by atoms with van der Waals surface area (Å²) in [5.41, 5.74) is 10.2. The molecule has 0 aliphatic rings. The fraction of sp³-hybridized carbons (Fsp3) is 0.118. The van der Waals surface area contributed by atoms with Gasteiger partial charge in [-0.05, 0) is 47.7 Å². The Morgan fingerprint density at radius 1 is 1.19 bits per heavy atom. The second kappa shape index (κ2) is 5.32. The van der Waals surface area contributed by atoms with Gasteiger partial charge < -0.3 is 16.0 Å². The first-order valence-electron chi connectivity index (χ1n) is 6.84. The van der Waals surface area contributed by atoms with E-state index in [1.54, 1.807) is 0 Å². The van der Waals surface area contributed by atoms with Gasteiger partial charge in [0, 0.05) is 11.7 Å². The Labute approximate surface area is 123 Å². The molecule has 0 bridgehead atoms. The number of hydrogen-bond acceptors (Lipinski definition) is 2. The maximum Gasteiger partial charge on any atom is 0.228 e. The molecule has 0 unspecified atom stereocenters. The zero-order valence-corrected chi connectivity index (χ0v) is 11.8. The van der Waals surface area contributed by atoms with E-state index in [0.717, 1.165) is 22.0 Å². The van der Waals surface area contributed by atoms with Crippen molar-refractivity contribution in [2.75, 3.05) is 11.1 Å². The highest BCUT2D eigenvalue weighted by molar-refractivity contribution is 5.95. The van der Waals surface area contributed by atoms with E-state index < -0.39 is 0 Å². The van der Waals surface area contributed by atoms with Crippen LogP contribution in [-0.4, -0.2) is 10.9 Å². The first-order chi connectivity index (χ1) is 10.1. The Balaban J connectivity index is 1.73. The number of anilines is 2. The minimum atomic E-state index is -0.0727. The molecule has 106 valence electrons. The second-order valence-corrected chi connectivity index (χ2v) is 5.21. The summed E-state index contributed by atoms with van der Waals surface area (Å²) < 4.78 is 0. The van der Waals surface area contributed by atoms with Crippen molar-refractivity contribution >= 4 is 28.2 Å². The third-order valence-corrected chi connectivity index (χ3v) is 3.47. The van der Waals surface area contributed by atoms with Crippen molar-refractivity contribution in [1.82, 2.24) is 4.98 Å². The molecule has 0 saturated carbocycles. The molecule has 0 radical (unpaired) electrons. The van der Waals surface area contributed by atoms with Gasteiger partial charge in [0.2, 0.25) is 5.91 Å². The predicted molar refractivity (Wildman–Crippen MR) is 86.2 cm³/mol. The zero-order valence-electron chi connectivity index (χ0n) is 11.8. The van der Waals surface area contributed by atoms with Crippen molar-refractivity contribution in [3.8, 4) is 0 Å². The van der Waals surface area contributed by atoms with Gasteiger partial charge in [0.05, 0.1) is 17.8 Å². The van der Waals surface area contributed by atoms with Gasteiger partial charge in [0.15, 0.2) is 0 Å². The van der Waals surface area contributed by atoms with Gasteiger partial charge in [-0.3, -0.25) is 4.79 Å². The number of carbonyl (C=O) groups excluding carboxylic acids is 1. The Morgan fingerprint density at radius 2 is 2.05 bits per heavy atom. The molecule has 4 nitrogen and oxygen atoms in total. The number of benzene rings is 2. The molecule has 4 heteroatoms. The van der Waals surface area contributed by atoms with Crippen LogP contribution in [0.3, 0.4) is 0 Å². The van der Waals surface area contributed by atoms with Crippen molar-refractivity contribution in [1.29, 1.82) is 0 Å². The summed E-state index contributed by atoms with van der Waals surface area (Å²) in [6.07, 6.45) is 2.21. The van der Waals surface area contributed by atoms with Gasteiger partial charge in [-0.15, -0.1) is 0 Å². The number of rotatable bonds is 3. The maximum atomic E-state index is 12.1. The fourth-order valence-corrected chi connectivity index (χ4v) is 2.38. The van der Waals surface area contributed by atoms with Gasteiger partial charge in [0.25, 0.3) is 0 Å². The smallest absolute Gasteiger partial charge is 0.228 e. The van der Waals surface area contributed by atoms with Gasteiger partial charge in [-0.25, -0.2) is 0 Å². The van der Waals surface area contributed by atoms with E-state index in [-0.39, 0.29) is 5.91 Å². The maximum absolute atomic E-state index is 12.1. The SMILES string of the molecule is Cc1ccc(NC(=O)Cc2ccc3cc[nH]c3c2)c(N)c1. The van der Waals surface area contributed by atoms with E-state index >= 15 is 0 Å². The van der Waals surface area contributed by atoms with Crippen LogP contribution >= 0.6 is 0 Å². The Kier molecular flexibility index (Phi) is 3.36. The van der Waals surface area contributed by atoms with Gasteiger partial charge in [-0.1, -0.05) is 18.2 Å². The number of nitrogen functional groups attached to an aromatic ring is 1. The lowest BCUT2D eigenvalue weighted by molar-refractivity contribution is -0.115. The first kappa shape index (κ1) is 13.2. The van der Waals surface area contributed by atoms with Crippen molar-refractivity contribution in [2.24, 2.45) is 0 Å². The van der Waals surface area contributed by atoms with E-state index in [9.17, 15) is 4.79 Å². The molecule has 1 heterocycles. The van der Waals surface area contributed by atoms with Crippen LogP contribution in [0.5, 0.6) is 0 Å². The molecule has 1 aromatic heterocycles. The number of nitrogens with two attached hydrogens (primary N) is 1. The molecule has 2 aromatic carbocycles. The van der Waals surface area contributed by atoms with Gasteiger partial charge in [-0.2, -0.15) is 0 Å². The normalized spacial score (nSPS) is 10.7. The number of nitrogens with one attached hydrogen (secondary N) is 2. The number of aromatic amines is 1. The number of fused-ring (bicyclic) bond motifs is 1. The molecular formula is C17H17N3O. The van der Waals surface area contributed by atoms with E-state index in [1.165, 1.54) is 0 Å². The minimum absolute atomic E-state index is 0.0727. The molecule has 3 rings (SSSR count). The standard InChI is InChI=1S/C17H17N3O/c1-11-2-5-15(14(18)8-11)20-17(21)10-12-3-4-13-6-7-19-16(13)9-12/h2-9,19H,10,18H2,1H3,(H,20,21). The van der Waals surface area contributed by atoms with Crippen molar-refractivity contribution in [3.05, 3.63) is 59.8 Å². The van der Waals surface area contributed by atoms with Crippen molar-refractivity contribution in [2.45, 2.75) is 13.3 Å². The van der Waals surface area contributed by atoms with Crippen LogP contribution in [0.1, 0.15) is 11.1 Å². The third-order valence-electron chi connectivity index (χ3n) is 3.47. The van der Waals surface area contributed by atoms with Gasteiger partial charge in [0.1, 0.15) is 0 Å². The first-order valence-corrected chi connectivity index (χ1v) is 6.84. The number of carbonyl (C=O) groups is 1. The molecule has 3 aromatic rings. The van der Waals surface area contributed by atoms with Crippen molar-refractivity contribution in [3.63, 3.8) is 0 Å². The molecule has 1 amide bonds. The monoisotopic (exact) mass is 279 g/mol. The van der Waals surface area contributed by atoms with Crippen LogP contribution in [0.4, 0.5) is 11.4 Å². The summed E-state index contributed by atoms with van der Waals surface area (Å²) in [6, 6.07) is 13.6. The highest BCUT2D eigenvalue weighted by Gasteiger charge is 2.07. The molecule has 0 atom stereocenters. The summed E-state index contributed by atoms with van der Waals surface area (Å²) in [6.45, 7) is 1.97. The molecule has 0 fully saturated rings. The lowest BCUT2D eigenvalue weighted by atomic mass is 10.1. The summed E-state index contributed by atoms with van der Waals surface area (Å²) in [7, 11) is 0. The van der Waals surface area contributed by atoms with E-state index in [2.05, 4.69) is 10.3 Å². The molecule has 0 saturated heterocycles. The summed E-state index contributed by atoms with van der Waals surface area (Å²) >= 11 is 0. The van der Waals surface area contributed by atoms with E-state index in [1.807, 2.05) is 55.6 Å². The molecule has 21 heavy (non-hydrogen) atoms. The molecular weight excluding hydrogens is 262 g/mol. The molecule has 0 aliphatic carbocycles. The van der Waals surface area contributed by atoms with Crippen LogP contribution in [-0.2, 0) is 11.2 Å². The van der Waals surface area contributed by atoms with Gasteiger partial charge >= 0.3 is 0 Å². The quantitative estimate of drug-likeness (QED) is 0.644. The van der Waals surface area contributed by atoms with Crippen LogP contribution in [0.15, 0.2) is 48.7 Å². The minimum Gasteiger partial charge on any atom is -0.397 e. The Hall–Kier alpha value is -2.75. The number of amides is 1. The topological polar surface area (TPSA) is 70.9 Å². The van der Waals surface area contributed by atoms with Crippen LogP contribution in [0, 0.1) is 6.92 Å². The molecule has 0 spiro atoms. The highest BCUT2D eigenvalue weighted by Crippen LogP contribution is 2.20. The molecule has 0 aliphatic heterocycles. The highest BCUT2D eigenvalue weighted by atomic mass is 16.1. The lowest BCUT2D eigenvalue weighted by Crippen LogP contribution is -2.15. The number of hydrogen-bond donors (Lipinski definition) is 3. The fourth-order valence-electron chi connectivity index (χ4n) is 2.38. The zero-order chi connectivity index (χ0) is 14.8. The summed E-state index contributed by atoms with van der Waals surface area (Å²) in [5.74, 6) is -0.0727. The number of aryl methyl sites for hydroxylation is 1. The Bertz CT molecular complexity index is 805. The lowest BCUT2D eigenvalue weighted by Gasteiger charge is -2.09. The largest absolute Gasteiger partial charge is 0.397 e. The number of H-pyrrole nitrogens is 1. The number of aromatic nitrogens is 1. The van der Waals surface area contributed by atoms with Crippen molar-refractivity contribution < 1.29 is 4.79 Å². The molecule has 4 N–H and O–H groups in total. The summed E-state index contributed by atoms with van der Waals surface area (Å²) in [4.78, 5) is 15.3. The van der Waals surface area contributed by atoms with E-state index in [4.69, 9.17) is 5.73 Å².